The summed E-state index contributed by atoms with van der Waals surface area (Å²) >= 11 is 0. The summed E-state index contributed by atoms with van der Waals surface area (Å²) in [5, 5.41) is 0. The van der Waals surface area contributed by atoms with Crippen molar-refractivity contribution in [2.75, 3.05) is 5.73 Å². The number of anilines is 1. The Morgan fingerprint density at radius 1 is 1.31 bits per heavy atom. The highest BCUT2D eigenvalue weighted by atomic mass is 16.4. The molecule has 0 spiro atoms. The number of nitrogens with zero attached hydrogens (tertiary/aromatic N) is 1. The first kappa shape index (κ1) is 9.03. The number of hydrogen-bond acceptors (Lipinski definition) is 4. The molecule has 0 amide bonds. The van der Waals surface area contributed by atoms with E-state index in [1.54, 1.807) is 12.3 Å². The van der Waals surface area contributed by atoms with Gasteiger partial charge in [0.1, 0.15) is 17.5 Å². The van der Waals surface area contributed by atoms with Gasteiger partial charge in [0.05, 0.1) is 11.3 Å². The van der Waals surface area contributed by atoms with Gasteiger partial charge in [0.15, 0.2) is 5.58 Å². The van der Waals surface area contributed by atoms with E-state index in [-0.39, 0.29) is 0 Å². The molecule has 3 aromatic rings. The molecular weight excluding hydrogens is 204 g/mol. The second kappa shape index (κ2) is 3.13. The molecule has 0 aliphatic heterocycles. The lowest BCUT2D eigenvalue weighted by Gasteiger charge is -1.89. The lowest BCUT2D eigenvalue weighted by atomic mass is 10.3. The maximum Gasteiger partial charge on any atom is 0.230 e. The number of aromatic nitrogens is 1. The number of nitrogen functional groups attached to an aromatic ring is 1. The van der Waals surface area contributed by atoms with Crippen molar-refractivity contribution in [2.24, 2.45) is 0 Å². The highest BCUT2D eigenvalue weighted by Gasteiger charge is 2.11. The summed E-state index contributed by atoms with van der Waals surface area (Å²) in [6.45, 7) is 1.88. The predicted octanol–water partition coefficient (Wildman–Crippen LogP) is 2.98. The van der Waals surface area contributed by atoms with Gasteiger partial charge in [0, 0.05) is 0 Å². The summed E-state index contributed by atoms with van der Waals surface area (Å²) < 4.78 is 10.8. The van der Waals surface area contributed by atoms with Gasteiger partial charge >= 0.3 is 0 Å². The molecule has 2 N–H and O–H groups in total. The van der Waals surface area contributed by atoms with E-state index in [9.17, 15) is 0 Å². The number of nitrogens with two attached hydrogens (primary N) is 1. The first-order chi connectivity index (χ1) is 7.74. The molecule has 1 aromatic carbocycles. The minimum Gasteiger partial charge on any atom is -0.469 e. The molecule has 0 saturated heterocycles. The Labute approximate surface area is 91.7 Å². The number of furan rings is 1. The van der Waals surface area contributed by atoms with Crippen LogP contribution in [0.15, 0.2) is 39.4 Å². The third-order valence-corrected chi connectivity index (χ3v) is 2.43. The topological polar surface area (TPSA) is 65.2 Å². The van der Waals surface area contributed by atoms with Crippen LogP contribution >= 0.6 is 0 Å². The van der Waals surface area contributed by atoms with Gasteiger partial charge in [-0.25, -0.2) is 4.98 Å². The monoisotopic (exact) mass is 214 g/mol. The molecule has 0 unspecified atom stereocenters. The molecule has 16 heavy (non-hydrogen) atoms. The molecule has 3 rings (SSSR count). The van der Waals surface area contributed by atoms with Gasteiger partial charge < -0.3 is 14.6 Å². The normalized spacial score (nSPS) is 11.1. The van der Waals surface area contributed by atoms with E-state index >= 15 is 0 Å². The van der Waals surface area contributed by atoms with Crippen molar-refractivity contribution in [3.63, 3.8) is 0 Å². The first-order valence-electron chi connectivity index (χ1n) is 4.94. The molecule has 4 nitrogen and oxygen atoms in total. The molecule has 0 atom stereocenters. The van der Waals surface area contributed by atoms with Crippen LogP contribution in [0.3, 0.4) is 0 Å². The molecule has 0 bridgehead atoms. The number of aryl methyl sites for hydroxylation is 1. The number of oxazole rings is 1. The van der Waals surface area contributed by atoms with E-state index in [1.807, 2.05) is 25.1 Å². The van der Waals surface area contributed by atoms with Crippen LogP contribution in [0.25, 0.3) is 22.6 Å². The Morgan fingerprint density at radius 3 is 2.88 bits per heavy atom. The van der Waals surface area contributed by atoms with Gasteiger partial charge in [-0.15, -0.1) is 0 Å². The smallest absolute Gasteiger partial charge is 0.230 e. The molecule has 4 heteroatoms. The third kappa shape index (κ3) is 1.27. The number of para-hydroxylation sites is 1. The SMILES string of the molecule is Cc1cc(-c2nc3c(N)cccc3o2)co1. The Balaban J connectivity index is 2.22. The predicted molar refractivity (Wildman–Crippen MR) is 60.9 cm³/mol. The van der Waals surface area contributed by atoms with E-state index in [0.29, 0.717) is 22.7 Å². The summed E-state index contributed by atoms with van der Waals surface area (Å²) in [5.74, 6) is 1.36. The lowest BCUT2D eigenvalue weighted by Crippen LogP contribution is -1.84. The zero-order valence-corrected chi connectivity index (χ0v) is 8.73. The van der Waals surface area contributed by atoms with Crippen LogP contribution < -0.4 is 5.73 Å². The number of fused-ring (bicyclic) bond motifs is 1. The van der Waals surface area contributed by atoms with E-state index in [4.69, 9.17) is 14.6 Å². The molecule has 2 aromatic heterocycles. The van der Waals surface area contributed by atoms with Crippen molar-refractivity contribution in [3.8, 4) is 11.5 Å². The second-order valence-corrected chi connectivity index (χ2v) is 3.66. The van der Waals surface area contributed by atoms with Crippen molar-refractivity contribution in [1.82, 2.24) is 4.98 Å². The van der Waals surface area contributed by atoms with Gasteiger partial charge in [0.25, 0.3) is 0 Å². The average molecular weight is 214 g/mol. The van der Waals surface area contributed by atoms with E-state index in [1.165, 1.54) is 0 Å². The van der Waals surface area contributed by atoms with Gasteiger partial charge in [-0.3, -0.25) is 0 Å². The first-order valence-corrected chi connectivity index (χ1v) is 4.94. The molecule has 0 aliphatic carbocycles. The quantitative estimate of drug-likeness (QED) is 0.632. The highest BCUT2D eigenvalue weighted by Crippen LogP contribution is 2.28. The van der Waals surface area contributed by atoms with Crippen LogP contribution in [0.4, 0.5) is 5.69 Å². The van der Waals surface area contributed by atoms with Crippen LogP contribution in [0.2, 0.25) is 0 Å². The standard InChI is InChI=1S/C12H10N2O2/c1-7-5-8(6-15-7)12-14-11-9(13)3-2-4-10(11)16-12/h2-6H,13H2,1H3. The van der Waals surface area contributed by atoms with Gasteiger partial charge in [-0.05, 0) is 25.1 Å². The minimum absolute atomic E-state index is 0.532. The van der Waals surface area contributed by atoms with E-state index in [0.717, 1.165) is 11.3 Å². The van der Waals surface area contributed by atoms with E-state index in [2.05, 4.69) is 4.98 Å². The van der Waals surface area contributed by atoms with Crippen molar-refractivity contribution < 1.29 is 8.83 Å². The van der Waals surface area contributed by atoms with Crippen molar-refractivity contribution >= 4 is 16.8 Å². The zero-order valence-electron chi connectivity index (χ0n) is 8.73. The maximum atomic E-state index is 5.81. The molecule has 0 radical (unpaired) electrons. The Bertz CT molecular complexity index is 652. The van der Waals surface area contributed by atoms with Crippen molar-refractivity contribution in [3.05, 3.63) is 36.3 Å². The summed E-state index contributed by atoms with van der Waals surface area (Å²) in [7, 11) is 0. The summed E-state index contributed by atoms with van der Waals surface area (Å²) in [6.07, 6.45) is 1.62. The fraction of sp³-hybridized carbons (Fsp3) is 0.0833. The number of benzene rings is 1. The van der Waals surface area contributed by atoms with Crippen LogP contribution in [-0.2, 0) is 0 Å². The molecule has 0 aliphatic rings. The highest BCUT2D eigenvalue weighted by molar-refractivity contribution is 5.87. The molecule has 80 valence electrons. The molecule has 2 heterocycles. The average Bonchev–Trinajstić information content (AvgIpc) is 2.84. The largest absolute Gasteiger partial charge is 0.469 e. The molecule has 0 fully saturated rings. The fourth-order valence-corrected chi connectivity index (χ4v) is 1.65. The number of rotatable bonds is 1. The third-order valence-electron chi connectivity index (χ3n) is 2.43. The van der Waals surface area contributed by atoms with E-state index < -0.39 is 0 Å². The Morgan fingerprint density at radius 2 is 2.19 bits per heavy atom. The van der Waals surface area contributed by atoms with Gasteiger partial charge in [0.2, 0.25) is 5.89 Å². The Hall–Kier alpha value is -2.23. The minimum atomic E-state index is 0.532. The summed E-state index contributed by atoms with van der Waals surface area (Å²) in [4.78, 5) is 4.34. The van der Waals surface area contributed by atoms with Crippen molar-refractivity contribution in [1.29, 1.82) is 0 Å². The Kier molecular flexibility index (Phi) is 1.77. The molecular formula is C12H10N2O2. The second-order valence-electron chi connectivity index (χ2n) is 3.66. The van der Waals surface area contributed by atoms with Crippen LogP contribution in [0.5, 0.6) is 0 Å². The lowest BCUT2D eigenvalue weighted by molar-refractivity contribution is 0.533. The van der Waals surface area contributed by atoms with Crippen LogP contribution in [-0.4, -0.2) is 4.98 Å². The summed E-state index contributed by atoms with van der Waals surface area (Å²) in [6, 6.07) is 7.36. The zero-order chi connectivity index (χ0) is 11.1. The number of hydrogen-bond donors (Lipinski definition) is 1. The fourth-order valence-electron chi connectivity index (χ4n) is 1.65. The van der Waals surface area contributed by atoms with Gasteiger partial charge in [-0.1, -0.05) is 6.07 Å². The van der Waals surface area contributed by atoms with Crippen molar-refractivity contribution in [2.45, 2.75) is 6.92 Å². The van der Waals surface area contributed by atoms with Crippen LogP contribution in [0, 0.1) is 6.92 Å². The van der Waals surface area contributed by atoms with Gasteiger partial charge in [-0.2, -0.15) is 0 Å². The molecule has 0 saturated carbocycles. The van der Waals surface area contributed by atoms with Crippen LogP contribution in [0.1, 0.15) is 5.76 Å². The summed E-state index contributed by atoms with van der Waals surface area (Å²) in [5.41, 5.74) is 8.63. The maximum absolute atomic E-state index is 5.81.